The van der Waals surface area contributed by atoms with Crippen LogP contribution in [-0.4, -0.2) is 40.1 Å². The molecule has 0 unspecified atom stereocenters. The first-order valence-corrected chi connectivity index (χ1v) is 3.50. The molecule has 2 heteroatoms. The molecule has 0 radical (unpaired) electrons. The van der Waals surface area contributed by atoms with E-state index in [2.05, 4.69) is 0 Å². The minimum absolute atomic E-state index is 1.00. The molecular weight excluding hydrogens is 87.0 g/mol. The van der Waals surface area contributed by atoms with Crippen molar-refractivity contribution in [1.82, 2.24) is 0 Å². The Bertz CT molecular complexity index is 26.7. The summed E-state index contributed by atoms with van der Waals surface area (Å²) in [7, 11) is 1.00. The van der Waals surface area contributed by atoms with Crippen molar-refractivity contribution >= 4 is 27.9 Å². The molecule has 0 heterocycles. The predicted molar refractivity (Wildman–Crippen MR) is 26.9 cm³/mol. The molecule has 1 fully saturated rings. The van der Waals surface area contributed by atoms with E-state index in [1.54, 1.807) is 12.8 Å². The fourth-order valence-electron chi connectivity index (χ4n) is 0.167. The van der Waals surface area contributed by atoms with Gasteiger partial charge in [-0.3, -0.25) is 0 Å². The van der Waals surface area contributed by atoms with E-state index in [4.69, 9.17) is 5.11 Å². The van der Waals surface area contributed by atoms with Crippen molar-refractivity contribution in [2.45, 2.75) is 16.0 Å². The number of hydrogen-bond donors (Lipinski definition) is 1. The van der Waals surface area contributed by atoms with Crippen molar-refractivity contribution in [3.8, 4) is 0 Å². The number of rotatable bonds is 0. The molecule has 6 heavy (non-hydrogen) atoms. The first kappa shape index (κ1) is 6.96. The zero-order chi connectivity index (χ0) is 4.99. The molecule has 1 rings (SSSR count). The van der Waals surface area contributed by atoms with Crippen molar-refractivity contribution in [3.05, 3.63) is 0 Å². The van der Waals surface area contributed by atoms with Crippen LogP contribution in [0.25, 0.3) is 0 Å². The monoisotopic (exact) mass is 96.1 g/mol. The minimum atomic E-state index is 1.00. The third-order valence-electron chi connectivity index (χ3n) is 0.866. The number of aliphatic hydroxyl groups excluding tert-OH is 1. The summed E-state index contributed by atoms with van der Waals surface area (Å²) in [4.78, 5) is 0. The van der Waals surface area contributed by atoms with Crippen LogP contribution >= 0.6 is 0 Å². The van der Waals surface area contributed by atoms with Crippen LogP contribution in [0.1, 0.15) is 12.8 Å². The average molecular weight is 96.1 g/mol. The summed E-state index contributed by atoms with van der Waals surface area (Å²) in [5.74, 6) is 0. The summed E-state index contributed by atoms with van der Waals surface area (Å²) in [6, 6.07) is 0. The van der Waals surface area contributed by atoms with E-state index in [-0.39, 0.29) is 0 Å². The van der Waals surface area contributed by atoms with Crippen molar-refractivity contribution in [2.75, 3.05) is 7.11 Å². The van der Waals surface area contributed by atoms with Gasteiger partial charge in [0, 0.05) is 7.11 Å². The van der Waals surface area contributed by atoms with E-state index in [0.29, 0.717) is 0 Å². The third-order valence-corrected chi connectivity index (χ3v) is 2.02. The van der Waals surface area contributed by atoms with Gasteiger partial charge in [-0.15, -0.1) is 0 Å². The van der Waals surface area contributed by atoms with Gasteiger partial charge < -0.3 is 5.11 Å². The topological polar surface area (TPSA) is 20.2 Å². The molecular formula is C4H9NaO. The first-order valence-electron chi connectivity index (χ1n) is 2.34. The van der Waals surface area contributed by atoms with Crippen LogP contribution in [0, 0.1) is 0 Å². The summed E-state index contributed by atoms with van der Waals surface area (Å²) in [5.41, 5.74) is 0. The Morgan fingerprint density at radius 1 is 1.50 bits per heavy atom. The molecule has 0 aromatic carbocycles. The van der Waals surface area contributed by atoms with Gasteiger partial charge in [0.2, 0.25) is 0 Å². The molecule has 32 valence electrons. The van der Waals surface area contributed by atoms with Crippen molar-refractivity contribution in [2.24, 2.45) is 0 Å². The summed E-state index contributed by atoms with van der Waals surface area (Å²) in [6.45, 7) is 0. The van der Waals surface area contributed by atoms with Crippen LogP contribution in [0.5, 0.6) is 0 Å². The van der Waals surface area contributed by atoms with Crippen LogP contribution in [0.15, 0.2) is 0 Å². The molecule has 0 aliphatic heterocycles. The second kappa shape index (κ2) is 4.13. The molecule has 0 saturated heterocycles. The van der Waals surface area contributed by atoms with Crippen LogP contribution < -0.4 is 0 Å². The molecule has 1 aliphatic rings. The second-order valence-corrected chi connectivity index (χ2v) is 3.32. The van der Waals surface area contributed by atoms with E-state index < -0.39 is 0 Å². The normalized spacial score (nSPS) is 18.7. The van der Waals surface area contributed by atoms with Gasteiger partial charge in [0.1, 0.15) is 0 Å². The molecule has 1 nitrogen and oxygen atoms in total. The van der Waals surface area contributed by atoms with E-state index in [1.807, 2.05) is 0 Å². The molecule has 0 atom stereocenters. The zero-order valence-corrected chi connectivity index (χ0v) is 6.44. The molecule has 0 aromatic rings. The Kier molecular flexibility index (Phi) is 4.79. The van der Waals surface area contributed by atoms with Crippen LogP contribution in [-0.2, 0) is 0 Å². The van der Waals surface area contributed by atoms with Crippen molar-refractivity contribution < 1.29 is 5.11 Å². The number of aliphatic hydroxyl groups is 1. The van der Waals surface area contributed by atoms with Gasteiger partial charge in [0.25, 0.3) is 0 Å². The molecule has 0 spiro atoms. The van der Waals surface area contributed by atoms with Crippen LogP contribution in [0.3, 0.4) is 0 Å². The Morgan fingerprint density at radius 2 is 1.67 bits per heavy atom. The summed E-state index contributed by atoms with van der Waals surface area (Å²) >= 11 is 1.46. The van der Waals surface area contributed by atoms with Gasteiger partial charge in [0.15, 0.2) is 0 Å². The summed E-state index contributed by atoms with van der Waals surface area (Å²) in [5, 5.41) is 7.00. The van der Waals surface area contributed by atoms with E-state index in [1.165, 1.54) is 31.1 Å². The third kappa shape index (κ3) is 4.96. The quantitative estimate of drug-likeness (QED) is 0.431. The predicted octanol–water partition coefficient (Wildman–Crippen LogP) is 0.346. The SMILES string of the molecule is CO.[Na][CH]1CC1. The molecule has 1 saturated carbocycles. The first-order chi connectivity index (χ1) is 2.89. The van der Waals surface area contributed by atoms with Gasteiger partial charge >= 0.3 is 43.9 Å². The average Bonchev–Trinajstić information content (AvgIpc) is 2.30. The second-order valence-electron chi connectivity index (χ2n) is 1.68. The maximum atomic E-state index is 7.00. The Labute approximate surface area is 56.2 Å². The van der Waals surface area contributed by atoms with Gasteiger partial charge in [-0.2, -0.15) is 0 Å². The maximum absolute atomic E-state index is 7.00. The fourth-order valence-corrected chi connectivity index (χ4v) is 0.500. The zero-order valence-electron chi connectivity index (χ0n) is 4.44. The van der Waals surface area contributed by atoms with Gasteiger partial charge in [-0.05, 0) is 0 Å². The number of hydrogen-bond acceptors (Lipinski definition) is 1. The summed E-state index contributed by atoms with van der Waals surface area (Å²) < 4.78 is 1.22. The molecule has 0 bridgehead atoms. The fraction of sp³-hybridized carbons (Fsp3) is 1.00. The summed E-state index contributed by atoms with van der Waals surface area (Å²) in [6.07, 6.45) is 3.10. The van der Waals surface area contributed by atoms with Crippen molar-refractivity contribution in [3.63, 3.8) is 0 Å². The Morgan fingerprint density at radius 3 is 1.67 bits per heavy atom. The van der Waals surface area contributed by atoms with Crippen LogP contribution in [0.2, 0.25) is 3.17 Å². The van der Waals surface area contributed by atoms with Crippen LogP contribution in [0.4, 0.5) is 0 Å². The molecule has 0 amide bonds. The molecule has 1 aliphatic carbocycles. The molecule has 1 N–H and O–H groups in total. The van der Waals surface area contributed by atoms with Crippen molar-refractivity contribution in [1.29, 1.82) is 0 Å². The Hall–Kier alpha value is 0.960. The Balaban J connectivity index is 0.000000112. The van der Waals surface area contributed by atoms with E-state index in [0.717, 1.165) is 7.11 Å². The van der Waals surface area contributed by atoms with Gasteiger partial charge in [0.05, 0.1) is 0 Å². The molecule has 0 aromatic heterocycles. The standard InChI is InChI=1S/C3H5.CH4O.Na/c1-2-3-1;1-2;/h1H,2-3H2;2H,1H3;. The van der Waals surface area contributed by atoms with Gasteiger partial charge in [-0.1, -0.05) is 0 Å². The van der Waals surface area contributed by atoms with Gasteiger partial charge in [-0.25, -0.2) is 0 Å². The van der Waals surface area contributed by atoms with E-state index in [9.17, 15) is 0 Å². The van der Waals surface area contributed by atoms with E-state index >= 15 is 0 Å².